The van der Waals surface area contributed by atoms with Gasteiger partial charge in [0.05, 0.1) is 26.4 Å². The molecule has 0 atom stereocenters. The number of hydrogen-bond donors (Lipinski definition) is 1. The number of halogens is 2. The first-order valence-corrected chi connectivity index (χ1v) is 12.3. The van der Waals surface area contributed by atoms with Gasteiger partial charge in [-0.05, 0) is 54.4 Å². The second-order valence-electron chi connectivity index (χ2n) is 9.69. The number of rotatable bonds is 6. The van der Waals surface area contributed by atoms with E-state index in [-0.39, 0.29) is 19.4 Å². The van der Waals surface area contributed by atoms with Crippen LogP contribution in [0.1, 0.15) is 39.2 Å². The van der Waals surface area contributed by atoms with E-state index in [0.717, 1.165) is 11.3 Å². The van der Waals surface area contributed by atoms with E-state index in [0.29, 0.717) is 41.2 Å². The lowest BCUT2D eigenvalue weighted by molar-refractivity contribution is 0.0453. The third kappa shape index (κ3) is 6.19. The number of alkyl halides is 1. The number of ether oxygens (including phenoxy) is 2. The number of benzene rings is 1. The summed E-state index contributed by atoms with van der Waals surface area (Å²) >= 11 is 3.47. The minimum absolute atomic E-state index is 0.0813. The SMILES string of the molecule is COc1ccc(Cn2nc(Br)c3ncc(N4CCC(F)(CNC(=O)OC(C)(C)C)CC4)nc32)cc1. The van der Waals surface area contributed by atoms with Crippen molar-refractivity contribution < 1.29 is 18.7 Å². The number of nitrogens with one attached hydrogen (secondary N) is 1. The molecule has 0 saturated carbocycles. The monoisotopic (exact) mass is 548 g/mol. The lowest BCUT2D eigenvalue weighted by Gasteiger charge is -2.37. The van der Waals surface area contributed by atoms with Crippen molar-refractivity contribution in [3.05, 3.63) is 40.6 Å². The van der Waals surface area contributed by atoms with Crippen LogP contribution in [0.5, 0.6) is 5.75 Å². The van der Waals surface area contributed by atoms with Crippen LogP contribution in [0, 0.1) is 0 Å². The van der Waals surface area contributed by atoms with Gasteiger partial charge >= 0.3 is 6.09 Å². The Morgan fingerprint density at radius 2 is 1.91 bits per heavy atom. The molecule has 0 bridgehead atoms. The lowest BCUT2D eigenvalue weighted by atomic mass is 9.93. The molecular formula is C24H30BrFN6O3. The van der Waals surface area contributed by atoms with Crippen LogP contribution in [-0.4, -0.2) is 63.9 Å². The van der Waals surface area contributed by atoms with Crippen LogP contribution in [0.2, 0.25) is 0 Å². The van der Waals surface area contributed by atoms with E-state index in [1.54, 1.807) is 38.8 Å². The number of piperidine rings is 1. The zero-order chi connectivity index (χ0) is 25.2. The van der Waals surface area contributed by atoms with Crippen LogP contribution < -0.4 is 15.0 Å². The molecule has 0 unspecified atom stereocenters. The highest BCUT2D eigenvalue weighted by Gasteiger charge is 2.36. The molecule has 1 saturated heterocycles. The molecule has 35 heavy (non-hydrogen) atoms. The van der Waals surface area contributed by atoms with Gasteiger partial charge in [0, 0.05) is 25.9 Å². The highest BCUT2D eigenvalue weighted by molar-refractivity contribution is 9.10. The number of nitrogens with zero attached hydrogens (tertiary/aromatic N) is 5. The Balaban J connectivity index is 1.43. The summed E-state index contributed by atoms with van der Waals surface area (Å²) in [4.78, 5) is 23.3. The van der Waals surface area contributed by atoms with Gasteiger partial charge in [-0.2, -0.15) is 5.10 Å². The maximum atomic E-state index is 15.3. The van der Waals surface area contributed by atoms with Crippen LogP contribution in [0.3, 0.4) is 0 Å². The van der Waals surface area contributed by atoms with E-state index >= 15 is 4.39 Å². The molecule has 4 rings (SSSR count). The van der Waals surface area contributed by atoms with Crippen LogP contribution in [0.15, 0.2) is 35.1 Å². The zero-order valence-electron chi connectivity index (χ0n) is 20.3. The van der Waals surface area contributed by atoms with Gasteiger partial charge in [-0.3, -0.25) is 0 Å². The minimum Gasteiger partial charge on any atom is -0.497 e. The predicted octanol–water partition coefficient (Wildman–Crippen LogP) is 4.48. The van der Waals surface area contributed by atoms with Gasteiger partial charge in [0.2, 0.25) is 0 Å². The number of aromatic nitrogens is 4. The van der Waals surface area contributed by atoms with Crippen molar-refractivity contribution in [2.45, 2.75) is 51.4 Å². The maximum Gasteiger partial charge on any atom is 0.407 e. The quantitative estimate of drug-likeness (QED) is 0.485. The van der Waals surface area contributed by atoms with Gasteiger partial charge in [-0.1, -0.05) is 12.1 Å². The molecule has 3 heterocycles. The van der Waals surface area contributed by atoms with Crippen molar-refractivity contribution in [3.63, 3.8) is 0 Å². The van der Waals surface area contributed by atoms with Crippen molar-refractivity contribution in [2.24, 2.45) is 0 Å². The second-order valence-corrected chi connectivity index (χ2v) is 10.4. The van der Waals surface area contributed by atoms with Gasteiger partial charge in [-0.25, -0.2) is 23.8 Å². The summed E-state index contributed by atoms with van der Waals surface area (Å²) in [6.07, 6.45) is 1.61. The molecule has 1 amide bonds. The highest BCUT2D eigenvalue weighted by atomic mass is 79.9. The number of carbonyl (C=O) groups is 1. The van der Waals surface area contributed by atoms with Crippen molar-refractivity contribution in [1.82, 2.24) is 25.1 Å². The summed E-state index contributed by atoms with van der Waals surface area (Å²) in [6.45, 7) is 6.68. The van der Waals surface area contributed by atoms with Crippen LogP contribution >= 0.6 is 15.9 Å². The number of fused-ring (bicyclic) bond motifs is 1. The van der Waals surface area contributed by atoms with Crippen LogP contribution in [-0.2, 0) is 11.3 Å². The summed E-state index contributed by atoms with van der Waals surface area (Å²) in [7, 11) is 1.63. The third-order valence-electron chi connectivity index (χ3n) is 5.81. The summed E-state index contributed by atoms with van der Waals surface area (Å²) < 4.78 is 28.2. The Morgan fingerprint density at radius 1 is 1.23 bits per heavy atom. The number of hydrogen-bond acceptors (Lipinski definition) is 7. The lowest BCUT2D eigenvalue weighted by Crippen LogP contribution is -2.49. The van der Waals surface area contributed by atoms with Gasteiger partial charge < -0.3 is 19.7 Å². The smallest absolute Gasteiger partial charge is 0.407 e. The average Bonchev–Trinajstić information content (AvgIpc) is 3.12. The van der Waals surface area contributed by atoms with Gasteiger partial charge in [0.15, 0.2) is 10.3 Å². The largest absolute Gasteiger partial charge is 0.497 e. The van der Waals surface area contributed by atoms with E-state index in [1.807, 2.05) is 29.2 Å². The number of alkyl carbamates (subject to hydrolysis) is 1. The zero-order valence-corrected chi connectivity index (χ0v) is 21.9. The number of carbonyl (C=O) groups excluding carboxylic acids is 1. The molecule has 1 fully saturated rings. The van der Waals surface area contributed by atoms with Gasteiger partial charge in [0.25, 0.3) is 0 Å². The Labute approximate surface area is 212 Å². The molecule has 1 aliphatic heterocycles. The fourth-order valence-corrected chi connectivity index (χ4v) is 4.39. The summed E-state index contributed by atoms with van der Waals surface area (Å²) in [6, 6.07) is 7.77. The Bertz CT molecular complexity index is 1190. The van der Waals surface area contributed by atoms with E-state index in [1.165, 1.54) is 0 Å². The normalized spacial score (nSPS) is 15.8. The molecule has 9 nitrogen and oxygen atoms in total. The molecule has 0 spiro atoms. The number of methoxy groups -OCH3 is 1. The van der Waals surface area contributed by atoms with Crippen molar-refractivity contribution in [1.29, 1.82) is 0 Å². The van der Waals surface area contributed by atoms with Gasteiger partial charge in [-0.15, -0.1) is 0 Å². The first kappa shape index (κ1) is 25.2. The second kappa shape index (κ2) is 9.96. The first-order chi connectivity index (χ1) is 16.5. The molecule has 3 aromatic rings. The molecule has 0 aliphatic carbocycles. The van der Waals surface area contributed by atoms with E-state index < -0.39 is 17.4 Å². The Hall–Kier alpha value is -2.95. The molecule has 0 radical (unpaired) electrons. The van der Waals surface area contributed by atoms with E-state index in [9.17, 15) is 4.79 Å². The molecule has 1 aromatic carbocycles. The van der Waals surface area contributed by atoms with Crippen molar-refractivity contribution in [2.75, 3.05) is 31.6 Å². The van der Waals surface area contributed by atoms with Crippen LogP contribution in [0.25, 0.3) is 11.2 Å². The molecule has 1 N–H and O–H groups in total. The third-order valence-corrected chi connectivity index (χ3v) is 6.35. The molecule has 188 valence electrons. The first-order valence-electron chi connectivity index (χ1n) is 11.5. The fraction of sp³-hybridized carbons (Fsp3) is 0.500. The highest BCUT2D eigenvalue weighted by Crippen LogP contribution is 2.30. The Kier molecular flexibility index (Phi) is 7.16. The molecule has 1 aliphatic rings. The summed E-state index contributed by atoms with van der Waals surface area (Å²) in [5.41, 5.74) is 0.245. The van der Waals surface area contributed by atoms with E-state index in [2.05, 4.69) is 31.3 Å². The van der Waals surface area contributed by atoms with Crippen molar-refractivity contribution in [3.8, 4) is 5.75 Å². The molecule has 11 heteroatoms. The average molecular weight is 549 g/mol. The van der Waals surface area contributed by atoms with E-state index in [4.69, 9.17) is 14.5 Å². The standard InChI is InChI=1S/C24H30BrFN6O3/c1-23(2,3)35-22(33)28-15-24(26)9-11-31(12-10-24)18-13-27-19-20(25)30-32(21(19)29-18)14-16-5-7-17(34-4)8-6-16/h5-8,13H,9-12,14-15H2,1-4H3,(H,28,33). The predicted molar refractivity (Wildman–Crippen MR) is 135 cm³/mol. The molecular weight excluding hydrogens is 519 g/mol. The molecule has 2 aromatic heterocycles. The van der Waals surface area contributed by atoms with Crippen LogP contribution in [0.4, 0.5) is 15.0 Å². The fourth-order valence-electron chi connectivity index (χ4n) is 3.92. The van der Waals surface area contributed by atoms with Gasteiger partial charge in [0.1, 0.15) is 28.4 Å². The number of anilines is 1. The summed E-state index contributed by atoms with van der Waals surface area (Å²) in [5, 5.41) is 7.11. The van der Waals surface area contributed by atoms with Crippen molar-refractivity contribution >= 4 is 39.0 Å². The minimum atomic E-state index is -1.50. The summed E-state index contributed by atoms with van der Waals surface area (Å²) in [5.74, 6) is 1.46. The topological polar surface area (TPSA) is 94.4 Å². The maximum absolute atomic E-state index is 15.3. The number of amides is 1. The Morgan fingerprint density at radius 3 is 2.54 bits per heavy atom.